The van der Waals surface area contributed by atoms with Crippen LogP contribution in [0.1, 0.15) is 47.9 Å². The fourth-order valence-electron chi connectivity index (χ4n) is 5.57. The number of fused-ring (bicyclic) bond motifs is 5. The minimum atomic E-state index is -3.67. The number of anilines is 1. The average molecular weight is 390 g/mol. The molecular formula is C20H27N3O3S. The van der Waals surface area contributed by atoms with Crippen molar-refractivity contribution in [1.29, 1.82) is 0 Å². The maximum atomic E-state index is 12.8. The maximum absolute atomic E-state index is 12.8. The van der Waals surface area contributed by atoms with Gasteiger partial charge in [0.15, 0.2) is 0 Å². The Bertz CT molecular complexity index is 856. The van der Waals surface area contributed by atoms with Crippen molar-refractivity contribution >= 4 is 21.7 Å². The van der Waals surface area contributed by atoms with E-state index in [-0.39, 0.29) is 5.92 Å². The van der Waals surface area contributed by atoms with E-state index in [4.69, 9.17) is 0 Å². The monoisotopic (exact) mass is 389 g/mol. The number of piperidine rings is 3. The molecule has 3 fully saturated rings. The quantitative estimate of drug-likeness (QED) is 0.831. The van der Waals surface area contributed by atoms with E-state index in [2.05, 4.69) is 21.0 Å². The van der Waals surface area contributed by atoms with Crippen molar-refractivity contribution < 1.29 is 13.2 Å². The highest BCUT2D eigenvalue weighted by molar-refractivity contribution is 7.90. The van der Waals surface area contributed by atoms with E-state index < -0.39 is 21.3 Å². The van der Waals surface area contributed by atoms with Gasteiger partial charge in [-0.3, -0.25) is 0 Å². The van der Waals surface area contributed by atoms with Gasteiger partial charge in [0.2, 0.25) is 10.0 Å². The molecule has 1 aromatic carbocycles. The Morgan fingerprint density at radius 2 is 1.63 bits per heavy atom. The van der Waals surface area contributed by atoms with Crippen LogP contribution in [0, 0.1) is 5.92 Å². The maximum Gasteiger partial charge on any atom is 0.332 e. The molecule has 3 saturated heterocycles. The van der Waals surface area contributed by atoms with Crippen LogP contribution in [0.2, 0.25) is 0 Å². The Hall–Kier alpha value is -1.60. The summed E-state index contributed by atoms with van der Waals surface area (Å²) in [6.07, 6.45) is 8.06. The summed E-state index contributed by atoms with van der Waals surface area (Å²) in [5, 5.41) is 2.46. The van der Waals surface area contributed by atoms with Gasteiger partial charge in [0.05, 0.1) is 5.25 Å². The molecule has 0 radical (unpaired) electrons. The van der Waals surface area contributed by atoms with Gasteiger partial charge in [0, 0.05) is 12.2 Å². The molecule has 2 N–H and O–H groups in total. The van der Waals surface area contributed by atoms with Gasteiger partial charge in [0.25, 0.3) is 0 Å². The number of hydrogen-bond donors (Lipinski definition) is 2. The first kappa shape index (κ1) is 17.5. The van der Waals surface area contributed by atoms with Crippen LogP contribution < -0.4 is 10.0 Å². The molecule has 3 heterocycles. The molecule has 27 heavy (non-hydrogen) atoms. The molecule has 0 aromatic heterocycles. The van der Waals surface area contributed by atoms with Crippen LogP contribution in [0.25, 0.3) is 0 Å². The van der Waals surface area contributed by atoms with Crippen molar-refractivity contribution in [2.24, 2.45) is 5.92 Å². The van der Waals surface area contributed by atoms with E-state index in [1.54, 1.807) is 0 Å². The van der Waals surface area contributed by atoms with Crippen molar-refractivity contribution in [1.82, 2.24) is 9.62 Å². The first-order chi connectivity index (χ1) is 13.0. The number of urea groups is 1. The zero-order valence-electron chi connectivity index (χ0n) is 15.6. The van der Waals surface area contributed by atoms with Crippen LogP contribution in [-0.4, -0.2) is 44.2 Å². The molecule has 2 amide bonds. The number of sulfonamides is 1. The Labute approximate surface area is 160 Å². The highest BCUT2D eigenvalue weighted by atomic mass is 32.2. The van der Waals surface area contributed by atoms with Crippen molar-refractivity contribution in [3.8, 4) is 0 Å². The Morgan fingerprint density at radius 1 is 1.00 bits per heavy atom. The Kier molecular flexibility index (Phi) is 4.20. The van der Waals surface area contributed by atoms with Gasteiger partial charge >= 0.3 is 6.03 Å². The lowest BCUT2D eigenvalue weighted by Gasteiger charge is -2.43. The molecule has 146 valence electrons. The molecule has 5 aliphatic rings. The van der Waals surface area contributed by atoms with Gasteiger partial charge in [-0.2, -0.15) is 0 Å². The molecule has 1 atom stereocenters. The number of aryl methyl sites for hydroxylation is 2. The van der Waals surface area contributed by atoms with Crippen LogP contribution in [0.3, 0.4) is 0 Å². The Morgan fingerprint density at radius 3 is 2.19 bits per heavy atom. The third-order valence-corrected chi connectivity index (χ3v) is 8.74. The summed E-state index contributed by atoms with van der Waals surface area (Å²) in [7, 11) is -3.67. The predicted molar refractivity (Wildman–Crippen MR) is 105 cm³/mol. The number of nitrogens with zero attached hydrogens (tertiary/aromatic N) is 1. The summed E-state index contributed by atoms with van der Waals surface area (Å²) in [4.78, 5) is 14.9. The van der Waals surface area contributed by atoms with E-state index in [0.29, 0.717) is 6.54 Å². The largest absolute Gasteiger partial charge is 0.332 e. The summed E-state index contributed by atoms with van der Waals surface area (Å²) in [5.74, 6) is 0.172. The van der Waals surface area contributed by atoms with E-state index in [1.165, 1.54) is 22.3 Å². The van der Waals surface area contributed by atoms with Crippen LogP contribution in [-0.2, 0) is 35.7 Å². The molecule has 6 nitrogen and oxygen atoms in total. The lowest BCUT2D eigenvalue weighted by atomic mass is 9.88. The second kappa shape index (κ2) is 6.48. The molecule has 3 aliphatic heterocycles. The number of hydrogen-bond acceptors (Lipinski definition) is 4. The summed E-state index contributed by atoms with van der Waals surface area (Å²) in [5.41, 5.74) is 5.97. The molecule has 2 aliphatic carbocycles. The SMILES string of the molecule is O=C(Nc1c2c(cc3c1CCC3)CCC2)NS(=O)(=O)C1CN2CCC1CC2. The summed E-state index contributed by atoms with van der Waals surface area (Å²) < 4.78 is 28.0. The number of rotatable bonds is 3. The van der Waals surface area contributed by atoms with E-state index >= 15 is 0 Å². The molecule has 2 bridgehead atoms. The first-order valence-electron chi connectivity index (χ1n) is 10.2. The second-order valence-corrected chi connectivity index (χ2v) is 10.4. The van der Waals surface area contributed by atoms with E-state index in [0.717, 1.165) is 70.1 Å². The molecule has 0 spiro atoms. The van der Waals surface area contributed by atoms with Crippen LogP contribution >= 0.6 is 0 Å². The predicted octanol–water partition coefficient (Wildman–Crippen LogP) is 2.21. The minimum Gasteiger partial charge on any atom is -0.307 e. The topological polar surface area (TPSA) is 78.5 Å². The summed E-state index contributed by atoms with van der Waals surface area (Å²) in [6.45, 7) is 2.50. The molecule has 1 unspecified atom stereocenters. The molecule has 1 aromatic rings. The van der Waals surface area contributed by atoms with Crippen LogP contribution in [0.4, 0.5) is 10.5 Å². The average Bonchev–Trinajstić information content (AvgIpc) is 3.31. The highest BCUT2D eigenvalue weighted by Gasteiger charge is 2.42. The molecule has 6 rings (SSSR count). The van der Waals surface area contributed by atoms with Gasteiger partial charge in [-0.1, -0.05) is 6.07 Å². The zero-order chi connectivity index (χ0) is 18.6. The third kappa shape index (κ3) is 3.05. The Balaban J connectivity index is 1.36. The van der Waals surface area contributed by atoms with E-state index in [1.807, 2.05) is 0 Å². The first-order valence-corrected chi connectivity index (χ1v) is 11.8. The number of amides is 2. The second-order valence-electron chi connectivity index (χ2n) is 8.51. The number of benzene rings is 1. The van der Waals surface area contributed by atoms with Gasteiger partial charge in [-0.15, -0.1) is 0 Å². The zero-order valence-corrected chi connectivity index (χ0v) is 16.4. The number of nitrogens with one attached hydrogen (secondary N) is 2. The van der Waals surface area contributed by atoms with Crippen LogP contribution in [0.15, 0.2) is 6.07 Å². The lowest BCUT2D eigenvalue weighted by molar-refractivity contribution is 0.114. The van der Waals surface area contributed by atoms with Gasteiger partial charge in [0.1, 0.15) is 0 Å². The molecule has 7 heteroatoms. The highest BCUT2D eigenvalue weighted by Crippen LogP contribution is 2.38. The lowest BCUT2D eigenvalue weighted by Crippen LogP contribution is -2.56. The summed E-state index contributed by atoms with van der Waals surface area (Å²) >= 11 is 0. The fourth-order valence-corrected chi connectivity index (χ4v) is 7.22. The number of carbonyl (C=O) groups is 1. The van der Waals surface area contributed by atoms with Crippen molar-refractivity contribution in [3.63, 3.8) is 0 Å². The van der Waals surface area contributed by atoms with Crippen molar-refractivity contribution in [3.05, 3.63) is 28.3 Å². The smallest absolute Gasteiger partial charge is 0.307 e. The van der Waals surface area contributed by atoms with Gasteiger partial charge < -0.3 is 10.2 Å². The molecular weight excluding hydrogens is 362 g/mol. The van der Waals surface area contributed by atoms with Crippen molar-refractivity contribution in [2.75, 3.05) is 25.0 Å². The third-order valence-electron chi connectivity index (χ3n) is 6.94. The normalized spacial score (nSPS) is 28.7. The molecule has 0 saturated carbocycles. The van der Waals surface area contributed by atoms with Gasteiger partial charge in [-0.25, -0.2) is 17.9 Å². The van der Waals surface area contributed by atoms with Gasteiger partial charge in [-0.05, 0) is 92.6 Å². The number of carbonyl (C=O) groups excluding carboxylic acids is 1. The van der Waals surface area contributed by atoms with Crippen LogP contribution in [0.5, 0.6) is 0 Å². The van der Waals surface area contributed by atoms with Crippen molar-refractivity contribution in [2.45, 2.75) is 56.6 Å². The minimum absolute atomic E-state index is 0.172. The standard InChI is InChI=1S/C20H27N3O3S/c24-20(22-27(25,26)18-12-23-9-7-13(18)8-10-23)21-19-16-5-1-3-14(16)11-15-4-2-6-17(15)19/h11,13,18H,1-10,12H2,(H2,21,22,24). The fraction of sp³-hybridized carbons (Fsp3) is 0.650. The van der Waals surface area contributed by atoms with E-state index in [9.17, 15) is 13.2 Å². The summed E-state index contributed by atoms with van der Waals surface area (Å²) in [6, 6.07) is 1.71.